The standard InChI is InChI=1S/C24H17ClFNO3/c25-20-10-5-14(11-17(20)22(28)29)13-27-21-4-2-1-3-18(21)24(23(27)30)12-19(24)15-6-8-16(26)9-7-15/h1-11,19H,12-13H2,(H,28,29). The molecule has 2 aliphatic rings. The summed E-state index contributed by atoms with van der Waals surface area (Å²) >= 11 is 5.98. The molecule has 1 fully saturated rings. The number of aromatic carboxylic acids is 1. The smallest absolute Gasteiger partial charge is 0.337 e. The minimum atomic E-state index is -1.11. The number of anilines is 1. The first-order valence-corrected chi connectivity index (χ1v) is 9.98. The number of carboxylic acids is 1. The van der Waals surface area contributed by atoms with Gasteiger partial charge in [0.1, 0.15) is 5.82 Å². The van der Waals surface area contributed by atoms with Crippen molar-refractivity contribution in [1.29, 1.82) is 0 Å². The number of para-hydroxylation sites is 1. The van der Waals surface area contributed by atoms with E-state index in [-0.39, 0.29) is 34.8 Å². The van der Waals surface area contributed by atoms with Gasteiger partial charge in [-0.15, -0.1) is 0 Å². The summed E-state index contributed by atoms with van der Waals surface area (Å²) in [6.45, 7) is 0.255. The molecule has 0 bridgehead atoms. The van der Waals surface area contributed by atoms with E-state index >= 15 is 0 Å². The first-order valence-electron chi connectivity index (χ1n) is 9.60. The average molecular weight is 422 g/mol. The molecule has 3 aromatic rings. The summed E-state index contributed by atoms with van der Waals surface area (Å²) in [5.74, 6) is -1.42. The van der Waals surface area contributed by atoms with Crippen molar-refractivity contribution in [3.8, 4) is 0 Å². The number of rotatable bonds is 4. The van der Waals surface area contributed by atoms with Crippen LogP contribution in [0, 0.1) is 5.82 Å². The molecule has 1 amide bonds. The van der Waals surface area contributed by atoms with Gasteiger partial charge in [0.2, 0.25) is 5.91 Å². The summed E-state index contributed by atoms with van der Waals surface area (Å²) in [7, 11) is 0. The van der Waals surface area contributed by atoms with Crippen molar-refractivity contribution in [3.05, 3.63) is 99.8 Å². The van der Waals surface area contributed by atoms with Gasteiger partial charge in [0, 0.05) is 11.6 Å². The number of amides is 1. The Morgan fingerprint density at radius 2 is 1.87 bits per heavy atom. The zero-order valence-corrected chi connectivity index (χ0v) is 16.6. The van der Waals surface area contributed by atoms with Crippen molar-refractivity contribution in [2.24, 2.45) is 0 Å². The molecule has 3 aromatic carbocycles. The fourth-order valence-corrected chi connectivity index (χ4v) is 4.82. The van der Waals surface area contributed by atoms with Crippen molar-refractivity contribution in [2.45, 2.75) is 24.3 Å². The van der Waals surface area contributed by atoms with E-state index in [0.717, 1.165) is 16.8 Å². The Labute approximate surface area is 177 Å². The van der Waals surface area contributed by atoms with Crippen LogP contribution in [-0.2, 0) is 16.8 Å². The number of fused-ring (bicyclic) bond motifs is 2. The van der Waals surface area contributed by atoms with E-state index in [4.69, 9.17) is 11.6 Å². The number of nitrogens with zero attached hydrogens (tertiary/aromatic N) is 1. The largest absolute Gasteiger partial charge is 0.478 e. The van der Waals surface area contributed by atoms with E-state index in [0.29, 0.717) is 12.0 Å². The average Bonchev–Trinajstić information content (AvgIpc) is 3.45. The minimum Gasteiger partial charge on any atom is -0.478 e. The predicted octanol–water partition coefficient (Wildman–Crippen LogP) is 5.15. The maximum absolute atomic E-state index is 13.6. The van der Waals surface area contributed by atoms with E-state index in [9.17, 15) is 19.1 Å². The third-order valence-corrected chi connectivity index (χ3v) is 6.47. The van der Waals surface area contributed by atoms with Crippen LogP contribution in [-0.4, -0.2) is 17.0 Å². The van der Waals surface area contributed by atoms with Gasteiger partial charge in [0.05, 0.1) is 22.5 Å². The molecular formula is C24H17ClFNO3. The van der Waals surface area contributed by atoms with E-state index in [1.54, 1.807) is 29.2 Å². The molecule has 4 nitrogen and oxygen atoms in total. The van der Waals surface area contributed by atoms with Gasteiger partial charge in [-0.3, -0.25) is 4.79 Å². The molecule has 150 valence electrons. The zero-order chi connectivity index (χ0) is 21.0. The maximum Gasteiger partial charge on any atom is 0.337 e. The molecule has 5 rings (SSSR count). The molecule has 1 N–H and O–H groups in total. The van der Waals surface area contributed by atoms with Gasteiger partial charge in [-0.25, -0.2) is 9.18 Å². The summed E-state index contributed by atoms with van der Waals surface area (Å²) in [6, 6.07) is 18.8. The second-order valence-corrected chi connectivity index (χ2v) is 8.21. The number of hydrogen-bond donors (Lipinski definition) is 1. The van der Waals surface area contributed by atoms with Gasteiger partial charge >= 0.3 is 5.97 Å². The lowest BCUT2D eigenvalue weighted by atomic mass is 9.92. The van der Waals surface area contributed by atoms with Crippen molar-refractivity contribution >= 4 is 29.2 Å². The van der Waals surface area contributed by atoms with E-state index in [1.165, 1.54) is 18.2 Å². The number of carbonyl (C=O) groups excluding carboxylic acids is 1. The van der Waals surface area contributed by atoms with Crippen LogP contribution >= 0.6 is 11.6 Å². The van der Waals surface area contributed by atoms with Gasteiger partial charge in [-0.2, -0.15) is 0 Å². The van der Waals surface area contributed by atoms with Gasteiger partial charge in [-0.05, 0) is 53.4 Å². The van der Waals surface area contributed by atoms with Gasteiger partial charge in [0.15, 0.2) is 0 Å². The molecule has 0 saturated heterocycles. The molecule has 1 saturated carbocycles. The lowest BCUT2D eigenvalue weighted by Gasteiger charge is -2.19. The number of carbonyl (C=O) groups is 2. The maximum atomic E-state index is 13.6. The van der Waals surface area contributed by atoms with Gasteiger partial charge in [-0.1, -0.05) is 48.0 Å². The van der Waals surface area contributed by atoms with Crippen LogP contribution in [0.5, 0.6) is 0 Å². The highest BCUT2D eigenvalue weighted by Crippen LogP contribution is 2.66. The first-order chi connectivity index (χ1) is 14.4. The van der Waals surface area contributed by atoms with E-state index in [1.807, 2.05) is 24.3 Å². The van der Waals surface area contributed by atoms with Crippen LogP contribution in [0.25, 0.3) is 0 Å². The van der Waals surface area contributed by atoms with Gasteiger partial charge in [0.25, 0.3) is 0 Å². The van der Waals surface area contributed by atoms with Crippen molar-refractivity contribution in [3.63, 3.8) is 0 Å². The summed E-state index contributed by atoms with van der Waals surface area (Å²) in [4.78, 5) is 26.7. The van der Waals surface area contributed by atoms with Crippen LogP contribution < -0.4 is 4.90 Å². The Bertz CT molecular complexity index is 1190. The highest BCUT2D eigenvalue weighted by atomic mass is 35.5. The molecule has 1 spiro atoms. The van der Waals surface area contributed by atoms with Crippen LogP contribution in [0.4, 0.5) is 10.1 Å². The van der Waals surface area contributed by atoms with Gasteiger partial charge < -0.3 is 10.0 Å². The zero-order valence-electron chi connectivity index (χ0n) is 15.8. The fraction of sp³-hybridized carbons (Fsp3) is 0.167. The quantitative estimate of drug-likeness (QED) is 0.633. The molecule has 0 aromatic heterocycles. The Kier molecular flexibility index (Phi) is 4.19. The number of hydrogen-bond acceptors (Lipinski definition) is 2. The number of halogens is 2. The molecule has 2 unspecified atom stereocenters. The monoisotopic (exact) mass is 421 g/mol. The van der Waals surface area contributed by atoms with Crippen molar-refractivity contribution in [2.75, 3.05) is 4.90 Å². The highest BCUT2D eigenvalue weighted by Gasteiger charge is 2.67. The van der Waals surface area contributed by atoms with Crippen LogP contribution in [0.2, 0.25) is 5.02 Å². The molecule has 0 radical (unpaired) electrons. The molecule has 1 aliphatic carbocycles. The first kappa shape index (κ1) is 18.8. The number of carboxylic acid groups (broad SMARTS) is 1. The summed E-state index contributed by atoms with van der Waals surface area (Å²) in [5.41, 5.74) is 2.81. The molecule has 1 heterocycles. The highest BCUT2D eigenvalue weighted by molar-refractivity contribution is 6.33. The third-order valence-electron chi connectivity index (χ3n) is 6.14. The lowest BCUT2D eigenvalue weighted by Crippen LogP contribution is -2.32. The fourth-order valence-electron chi connectivity index (χ4n) is 4.62. The normalized spacial score (nSPS) is 21.7. The summed E-state index contributed by atoms with van der Waals surface area (Å²) in [5, 5.41) is 9.50. The van der Waals surface area contributed by atoms with E-state index in [2.05, 4.69) is 0 Å². The number of benzene rings is 3. The lowest BCUT2D eigenvalue weighted by molar-refractivity contribution is -0.120. The second kappa shape index (κ2) is 6.67. The Hall–Kier alpha value is -3.18. The van der Waals surface area contributed by atoms with Crippen molar-refractivity contribution < 1.29 is 19.1 Å². The molecular weight excluding hydrogens is 405 g/mol. The second-order valence-electron chi connectivity index (χ2n) is 7.81. The summed E-state index contributed by atoms with van der Waals surface area (Å²) in [6.07, 6.45) is 0.673. The van der Waals surface area contributed by atoms with Crippen molar-refractivity contribution in [1.82, 2.24) is 0 Å². The van der Waals surface area contributed by atoms with Crippen LogP contribution in [0.1, 0.15) is 39.4 Å². The van der Waals surface area contributed by atoms with Crippen LogP contribution in [0.15, 0.2) is 66.7 Å². The molecule has 1 aliphatic heterocycles. The Morgan fingerprint density at radius 3 is 2.60 bits per heavy atom. The Morgan fingerprint density at radius 1 is 1.13 bits per heavy atom. The Balaban J connectivity index is 1.52. The SMILES string of the molecule is O=C(O)c1cc(CN2C(=O)C3(CC3c3ccc(F)cc3)c3ccccc32)ccc1Cl. The summed E-state index contributed by atoms with van der Waals surface area (Å²) < 4.78 is 13.4. The van der Waals surface area contributed by atoms with Crippen LogP contribution in [0.3, 0.4) is 0 Å². The molecule has 30 heavy (non-hydrogen) atoms. The third kappa shape index (κ3) is 2.73. The molecule has 2 atom stereocenters. The minimum absolute atomic E-state index is 0.00320. The predicted molar refractivity (Wildman–Crippen MR) is 111 cm³/mol. The topological polar surface area (TPSA) is 57.6 Å². The van der Waals surface area contributed by atoms with E-state index < -0.39 is 11.4 Å². The molecule has 6 heteroatoms.